The molecule has 0 aliphatic heterocycles. The van der Waals surface area contributed by atoms with Gasteiger partial charge in [0, 0.05) is 5.92 Å². The fourth-order valence-electron chi connectivity index (χ4n) is 9.34. The molecule has 0 heterocycles. The molecule has 1 amide bonds. The Morgan fingerprint density at radius 3 is 2.33 bits per heavy atom. The van der Waals surface area contributed by atoms with Crippen LogP contribution in [-0.2, 0) is 9.59 Å². The molecule has 0 spiro atoms. The second kappa shape index (κ2) is 9.14. The van der Waals surface area contributed by atoms with Crippen molar-refractivity contribution < 1.29 is 24.9 Å². The third-order valence-electron chi connectivity index (χ3n) is 11.0. The molecule has 33 heavy (non-hydrogen) atoms. The summed E-state index contributed by atoms with van der Waals surface area (Å²) in [6.07, 6.45) is 8.63. The lowest BCUT2D eigenvalue weighted by Crippen LogP contribution is -2.58. The van der Waals surface area contributed by atoms with Crippen LogP contribution in [0.2, 0.25) is 0 Å². The first-order chi connectivity index (χ1) is 15.5. The van der Waals surface area contributed by atoms with E-state index in [-0.39, 0.29) is 41.4 Å². The normalized spacial score (nSPS) is 46.4. The number of fused-ring (bicyclic) bond motifs is 5. The summed E-state index contributed by atoms with van der Waals surface area (Å²) in [7, 11) is 0. The van der Waals surface area contributed by atoms with Gasteiger partial charge < -0.3 is 20.6 Å². The van der Waals surface area contributed by atoms with E-state index in [2.05, 4.69) is 26.1 Å². The van der Waals surface area contributed by atoms with Crippen molar-refractivity contribution in [2.75, 3.05) is 6.54 Å². The highest BCUT2D eigenvalue weighted by atomic mass is 16.4. The number of aliphatic hydroxyl groups excluding tert-OH is 2. The minimum atomic E-state index is -1.01. The molecule has 0 aromatic carbocycles. The summed E-state index contributed by atoms with van der Waals surface area (Å²) in [4.78, 5) is 23.1. The number of amides is 1. The third-order valence-corrected chi connectivity index (χ3v) is 11.0. The number of carboxylic acid groups (broad SMARTS) is 1. The van der Waals surface area contributed by atoms with Crippen LogP contribution >= 0.6 is 0 Å². The van der Waals surface area contributed by atoms with Gasteiger partial charge in [0.25, 0.3) is 0 Å². The van der Waals surface area contributed by atoms with Crippen LogP contribution in [0.4, 0.5) is 0 Å². The summed E-state index contributed by atoms with van der Waals surface area (Å²) in [5.41, 5.74) is 0.432. The number of aliphatic carboxylic acids is 1. The molecule has 6 heteroatoms. The third kappa shape index (κ3) is 4.35. The van der Waals surface area contributed by atoms with Gasteiger partial charge in [-0.2, -0.15) is 0 Å². The minimum Gasteiger partial charge on any atom is -0.480 e. The monoisotopic (exact) mass is 463 g/mol. The van der Waals surface area contributed by atoms with Gasteiger partial charge in [0.1, 0.15) is 6.54 Å². The Hall–Kier alpha value is -1.14. The number of hydrogen-bond acceptors (Lipinski definition) is 4. The molecule has 0 bridgehead atoms. The van der Waals surface area contributed by atoms with E-state index in [1.54, 1.807) is 0 Å². The first kappa shape index (κ1) is 25.0. The lowest BCUT2D eigenvalue weighted by molar-refractivity contribution is -0.174. The average molecular weight is 464 g/mol. The van der Waals surface area contributed by atoms with Crippen LogP contribution in [0.3, 0.4) is 0 Å². The molecule has 0 aromatic rings. The molecule has 0 radical (unpaired) electrons. The van der Waals surface area contributed by atoms with Gasteiger partial charge >= 0.3 is 5.97 Å². The van der Waals surface area contributed by atoms with E-state index in [4.69, 9.17) is 5.11 Å². The van der Waals surface area contributed by atoms with Crippen LogP contribution in [0.25, 0.3) is 0 Å². The van der Waals surface area contributed by atoms with Crippen molar-refractivity contribution in [2.45, 2.75) is 97.7 Å². The second-order valence-corrected chi connectivity index (χ2v) is 12.7. The van der Waals surface area contributed by atoms with Crippen molar-refractivity contribution in [1.29, 1.82) is 0 Å². The van der Waals surface area contributed by atoms with Crippen LogP contribution in [0.15, 0.2) is 0 Å². The van der Waals surface area contributed by atoms with Gasteiger partial charge in [-0.1, -0.05) is 27.7 Å². The first-order valence-electron chi connectivity index (χ1n) is 13.3. The van der Waals surface area contributed by atoms with Gasteiger partial charge in [-0.05, 0) is 104 Å². The molecule has 11 atom stereocenters. The van der Waals surface area contributed by atoms with Crippen molar-refractivity contribution in [3.63, 3.8) is 0 Å². The fourth-order valence-corrected chi connectivity index (χ4v) is 9.34. The lowest BCUT2D eigenvalue weighted by Gasteiger charge is -2.62. The predicted molar refractivity (Wildman–Crippen MR) is 126 cm³/mol. The Kier molecular flexibility index (Phi) is 6.92. The predicted octanol–water partition coefficient (Wildman–Crippen LogP) is 3.84. The molecule has 0 aromatic heterocycles. The Bertz CT molecular complexity index is 757. The molecule has 4 rings (SSSR count). The summed E-state index contributed by atoms with van der Waals surface area (Å²) in [6, 6.07) is 0. The maximum Gasteiger partial charge on any atom is 0.322 e. The molecule has 0 saturated heterocycles. The molecule has 4 aliphatic rings. The molecule has 4 fully saturated rings. The average Bonchev–Trinajstić information content (AvgIpc) is 3.10. The smallest absolute Gasteiger partial charge is 0.322 e. The van der Waals surface area contributed by atoms with Crippen molar-refractivity contribution >= 4 is 11.9 Å². The van der Waals surface area contributed by atoms with Crippen molar-refractivity contribution in [1.82, 2.24) is 5.32 Å². The fraction of sp³-hybridized carbons (Fsp3) is 0.926. The zero-order valence-electron chi connectivity index (χ0n) is 20.9. The summed E-state index contributed by atoms with van der Waals surface area (Å²) in [6.45, 7) is 8.75. The van der Waals surface area contributed by atoms with E-state index < -0.39 is 5.97 Å². The van der Waals surface area contributed by atoms with Gasteiger partial charge in [-0.25, -0.2) is 0 Å². The quantitative estimate of drug-likeness (QED) is 0.479. The van der Waals surface area contributed by atoms with E-state index >= 15 is 0 Å². The van der Waals surface area contributed by atoms with Crippen LogP contribution in [0, 0.1) is 52.3 Å². The number of hydrogen-bond donors (Lipinski definition) is 4. The van der Waals surface area contributed by atoms with Crippen molar-refractivity contribution in [2.24, 2.45) is 52.3 Å². The van der Waals surface area contributed by atoms with Gasteiger partial charge in [0.05, 0.1) is 12.2 Å². The van der Waals surface area contributed by atoms with Crippen molar-refractivity contribution in [3.8, 4) is 0 Å². The van der Waals surface area contributed by atoms with E-state index in [1.807, 2.05) is 6.92 Å². The van der Waals surface area contributed by atoms with Crippen LogP contribution in [0.5, 0.6) is 0 Å². The van der Waals surface area contributed by atoms with Crippen molar-refractivity contribution in [3.05, 3.63) is 0 Å². The van der Waals surface area contributed by atoms with Gasteiger partial charge in [0.15, 0.2) is 0 Å². The number of rotatable bonds is 6. The Morgan fingerprint density at radius 2 is 1.64 bits per heavy atom. The largest absolute Gasteiger partial charge is 0.480 e. The molecule has 4 aliphatic carbocycles. The summed E-state index contributed by atoms with van der Waals surface area (Å²) in [5, 5.41) is 33.0. The molecule has 188 valence electrons. The van der Waals surface area contributed by atoms with Gasteiger partial charge in [-0.15, -0.1) is 0 Å². The number of carbonyl (C=O) groups is 2. The standard InChI is InChI=1S/C27H45NO5/c1-15(11-16(2)25(33)28-14-23(31)32)19-5-6-20-24-21(8-10-27(19,20)4)26(3)9-7-18(29)12-17(26)13-22(24)30/h15-22,24,29-30H,5-14H2,1-4H3,(H,28,33)(H,31,32)/t15-,16-,17?,18-,19-,20?,21?,22+,24?,26+,27-/m1/s1. The van der Waals surface area contributed by atoms with E-state index in [9.17, 15) is 19.8 Å². The van der Waals surface area contributed by atoms with Gasteiger partial charge in [0.2, 0.25) is 5.91 Å². The molecule has 4 N–H and O–H groups in total. The van der Waals surface area contributed by atoms with Crippen LogP contribution in [-0.4, -0.2) is 45.9 Å². The zero-order chi connectivity index (χ0) is 24.1. The molecular weight excluding hydrogens is 418 g/mol. The molecule has 4 saturated carbocycles. The molecule has 4 unspecified atom stereocenters. The highest BCUT2D eigenvalue weighted by molar-refractivity contribution is 5.82. The molecule has 6 nitrogen and oxygen atoms in total. The van der Waals surface area contributed by atoms with Crippen LogP contribution < -0.4 is 5.32 Å². The Labute approximate surface area is 198 Å². The Morgan fingerprint density at radius 1 is 0.970 bits per heavy atom. The maximum absolute atomic E-state index is 12.4. The number of carboxylic acids is 1. The van der Waals surface area contributed by atoms with Gasteiger partial charge in [-0.3, -0.25) is 9.59 Å². The second-order valence-electron chi connectivity index (χ2n) is 12.7. The zero-order valence-corrected chi connectivity index (χ0v) is 20.9. The summed E-state index contributed by atoms with van der Waals surface area (Å²) < 4.78 is 0. The maximum atomic E-state index is 12.4. The van der Waals surface area contributed by atoms with E-state index in [1.165, 1.54) is 6.42 Å². The topological polar surface area (TPSA) is 107 Å². The first-order valence-corrected chi connectivity index (χ1v) is 13.3. The van der Waals surface area contributed by atoms with E-state index in [0.717, 1.165) is 51.4 Å². The summed E-state index contributed by atoms with van der Waals surface area (Å²) in [5.74, 6) is 1.39. The molecular formula is C27H45NO5. The highest BCUT2D eigenvalue weighted by Crippen LogP contribution is 2.68. The minimum absolute atomic E-state index is 0.172. The Balaban J connectivity index is 1.46. The van der Waals surface area contributed by atoms with E-state index in [0.29, 0.717) is 35.5 Å². The highest BCUT2D eigenvalue weighted by Gasteiger charge is 2.62. The number of carbonyl (C=O) groups excluding carboxylic acids is 1. The number of nitrogens with one attached hydrogen (secondary N) is 1. The lowest BCUT2D eigenvalue weighted by atomic mass is 9.43. The number of aliphatic hydroxyl groups is 2. The van der Waals surface area contributed by atoms with Crippen LogP contribution in [0.1, 0.15) is 85.5 Å². The summed E-state index contributed by atoms with van der Waals surface area (Å²) >= 11 is 0. The SMILES string of the molecule is C[C@H](C[C@@H](C)[C@H]1CCC2C3C(CC[C@@]21C)[C@@]1(C)CC[C@@H](O)CC1C[C@@H]3O)C(=O)NCC(=O)O.